The van der Waals surface area contributed by atoms with Crippen molar-refractivity contribution in [3.8, 4) is 0 Å². The van der Waals surface area contributed by atoms with Gasteiger partial charge < -0.3 is 10.4 Å². The minimum absolute atomic E-state index is 0.0114. The van der Waals surface area contributed by atoms with Crippen LogP contribution in [0.3, 0.4) is 0 Å². The highest BCUT2D eigenvalue weighted by molar-refractivity contribution is 6.30. The second-order valence-electron chi connectivity index (χ2n) is 4.86. The van der Waals surface area contributed by atoms with Crippen LogP contribution in [0.5, 0.6) is 0 Å². The molecule has 2 N–H and O–H groups in total. The van der Waals surface area contributed by atoms with Gasteiger partial charge in [0.15, 0.2) is 0 Å². The van der Waals surface area contributed by atoms with Crippen molar-refractivity contribution in [1.82, 2.24) is 5.32 Å². The van der Waals surface area contributed by atoms with Gasteiger partial charge in [0.1, 0.15) is 0 Å². The summed E-state index contributed by atoms with van der Waals surface area (Å²) in [5, 5.41) is 13.0. The maximum Gasteiger partial charge on any atom is 0.230 e. The first kappa shape index (κ1) is 13.4. The molecule has 1 unspecified atom stereocenters. The van der Waals surface area contributed by atoms with Crippen LogP contribution >= 0.6 is 11.6 Å². The molecule has 0 spiro atoms. The molecular formula is C14H18ClNO2. The standard InChI is InChI=1S/C14H18ClNO2/c1-2-12(17)9-16-13(18)14(7-8-14)10-3-5-11(15)6-4-10/h3-6,12,17H,2,7-9H2,1H3,(H,16,18). The Bertz CT molecular complexity index is 426. The molecule has 3 nitrogen and oxygen atoms in total. The summed E-state index contributed by atoms with van der Waals surface area (Å²) < 4.78 is 0. The van der Waals surface area contributed by atoms with E-state index in [-0.39, 0.29) is 5.91 Å². The molecular weight excluding hydrogens is 250 g/mol. The first-order valence-electron chi connectivity index (χ1n) is 6.31. The lowest BCUT2D eigenvalue weighted by Crippen LogP contribution is -2.39. The number of carbonyl (C=O) groups excluding carboxylic acids is 1. The van der Waals surface area contributed by atoms with E-state index in [2.05, 4.69) is 5.32 Å². The maximum atomic E-state index is 12.2. The van der Waals surface area contributed by atoms with Crippen molar-refractivity contribution >= 4 is 17.5 Å². The zero-order valence-corrected chi connectivity index (χ0v) is 11.2. The Hall–Kier alpha value is -1.06. The molecule has 0 aromatic heterocycles. The Kier molecular flexibility index (Phi) is 3.93. The van der Waals surface area contributed by atoms with Crippen LogP contribution in [-0.4, -0.2) is 23.7 Å². The highest BCUT2D eigenvalue weighted by Gasteiger charge is 2.51. The van der Waals surface area contributed by atoms with Gasteiger partial charge in [-0.25, -0.2) is 0 Å². The minimum atomic E-state index is -0.463. The van der Waals surface area contributed by atoms with Crippen molar-refractivity contribution in [1.29, 1.82) is 0 Å². The molecule has 1 fully saturated rings. The van der Waals surface area contributed by atoms with E-state index in [0.29, 0.717) is 18.0 Å². The molecule has 0 bridgehead atoms. The summed E-state index contributed by atoms with van der Waals surface area (Å²) in [6.07, 6.45) is 1.91. The van der Waals surface area contributed by atoms with Gasteiger partial charge in [-0.1, -0.05) is 30.7 Å². The van der Waals surface area contributed by atoms with Crippen LogP contribution in [0.25, 0.3) is 0 Å². The smallest absolute Gasteiger partial charge is 0.230 e. The van der Waals surface area contributed by atoms with Crippen molar-refractivity contribution in [3.63, 3.8) is 0 Å². The molecule has 0 heterocycles. The van der Waals surface area contributed by atoms with Crippen molar-refractivity contribution in [2.24, 2.45) is 0 Å². The predicted molar refractivity (Wildman–Crippen MR) is 71.7 cm³/mol. The lowest BCUT2D eigenvalue weighted by molar-refractivity contribution is -0.124. The summed E-state index contributed by atoms with van der Waals surface area (Å²) in [4.78, 5) is 12.2. The van der Waals surface area contributed by atoms with E-state index in [1.165, 1.54) is 0 Å². The van der Waals surface area contributed by atoms with E-state index < -0.39 is 11.5 Å². The van der Waals surface area contributed by atoms with Crippen LogP contribution in [0.1, 0.15) is 31.7 Å². The van der Waals surface area contributed by atoms with E-state index >= 15 is 0 Å². The predicted octanol–water partition coefficient (Wildman–Crippen LogP) is 2.26. The molecule has 0 radical (unpaired) electrons. The van der Waals surface area contributed by atoms with Gasteiger partial charge in [0, 0.05) is 11.6 Å². The third-order valence-corrected chi connectivity index (χ3v) is 3.80. The fraction of sp³-hybridized carbons (Fsp3) is 0.500. The molecule has 0 saturated heterocycles. The molecule has 1 amide bonds. The number of carbonyl (C=O) groups is 1. The van der Waals surface area contributed by atoms with Crippen molar-refractivity contribution in [2.45, 2.75) is 37.7 Å². The fourth-order valence-electron chi connectivity index (χ4n) is 2.06. The Labute approximate surface area is 112 Å². The third kappa shape index (κ3) is 2.68. The molecule has 1 atom stereocenters. The number of amides is 1. The van der Waals surface area contributed by atoms with Crippen molar-refractivity contribution < 1.29 is 9.90 Å². The second-order valence-corrected chi connectivity index (χ2v) is 5.30. The molecule has 4 heteroatoms. The van der Waals surface area contributed by atoms with Crippen molar-refractivity contribution in [2.75, 3.05) is 6.54 Å². The Morgan fingerprint density at radius 2 is 2.06 bits per heavy atom. The van der Waals surface area contributed by atoms with Gasteiger partial charge in [-0.3, -0.25) is 4.79 Å². The Balaban J connectivity index is 2.03. The molecule has 1 aliphatic rings. The van der Waals surface area contributed by atoms with E-state index in [9.17, 15) is 9.90 Å². The van der Waals surface area contributed by atoms with Crippen LogP contribution in [0.4, 0.5) is 0 Å². The van der Waals surface area contributed by atoms with Gasteiger partial charge in [0.25, 0.3) is 0 Å². The molecule has 18 heavy (non-hydrogen) atoms. The highest BCUT2D eigenvalue weighted by atomic mass is 35.5. The molecule has 1 aromatic rings. The summed E-state index contributed by atoms with van der Waals surface area (Å²) in [6, 6.07) is 7.44. The molecule has 1 saturated carbocycles. The number of benzene rings is 1. The van der Waals surface area contributed by atoms with Gasteiger partial charge in [0.2, 0.25) is 5.91 Å². The number of hydrogen-bond acceptors (Lipinski definition) is 2. The number of aliphatic hydroxyl groups is 1. The van der Waals surface area contributed by atoms with Gasteiger partial charge in [-0.05, 0) is 37.0 Å². The molecule has 2 rings (SSSR count). The van der Waals surface area contributed by atoms with Crippen LogP contribution in [0.15, 0.2) is 24.3 Å². The van der Waals surface area contributed by atoms with Crippen LogP contribution < -0.4 is 5.32 Å². The lowest BCUT2D eigenvalue weighted by atomic mass is 9.95. The highest BCUT2D eigenvalue weighted by Crippen LogP contribution is 2.48. The van der Waals surface area contributed by atoms with Crippen LogP contribution in [0.2, 0.25) is 5.02 Å². The SMILES string of the molecule is CCC(O)CNC(=O)C1(c2ccc(Cl)cc2)CC1. The summed E-state index contributed by atoms with van der Waals surface area (Å²) in [5.74, 6) is 0.0114. The lowest BCUT2D eigenvalue weighted by Gasteiger charge is -2.17. The number of halogens is 1. The summed E-state index contributed by atoms with van der Waals surface area (Å²) in [7, 11) is 0. The van der Waals surface area contributed by atoms with E-state index in [1.54, 1.807) is 0 Å². The molecule has 98 valence electrons. The van der Waals surface area contributed by atoms with Crippen LogP contribution in [-0.2, 0) is 10.2 Å². The van der Waals surface area contributed by atoms with Gasteiger partial charge in [-0.2, -0.15) is 0 Å². The average molecular weight is 268 g/mol. The Morgan fingerprint density at radius 3 is 2.56 bits per heavy atom. The van der Waals surface area contributed by atoms with Gasteiger partial charge >= 0.3 is 0 Å². The van der Waals surface area contributed by atoms with E-state index in [0.717, 1.165) is 18.4 Å². The molecule has 1 aliphatic carbocycles. The van der Waals surface area contributed by atoms with E-state index in [4.69, 9.17) is 11.6 Å². The minimum Gasteiger partial charge on any atom is -0.391 e. The van der Waals surface area contributed by atoms with E-state index in [1.807, 2.05) is 31.2 Å². The second kappa shape index (κ2) is 5.29. The quantitative estimate of drug-likeness (QED) is 0.860. The first-order chi connectivity index (χ1) is 8.58. The monoisotopic (exact) mass is 267 g/mol. The maximum absolute atomic E-state index is 12.2. The summed E-state index contributed by atoms with van der Waals surface area (Å²) in [6.45, 7) is 2.22. The number of hydrogen-bond donors (Lipinski definition) is 2. The largest absolute Gasteiger partial charge is 0.391 e. The third-order valence-electron chi connectivity index (χ3n) is 3.55. The van der Waals surface area contributed by atoms with Gasteiger partial charge in [0.05, 0.1) is 11.5 Å². The topological polar surface area (TPSA) is 49.3 Å². The van der Waals surface area contributed by atoms with Crippen LogP contribution in [0, 0.1) is 0 Å². The first-order valence-corrected chi connectivity index (χ1v) is 6.68. The Morgan fingerprint density at radius 1 is 1.44 bits per heavy atom. The average Bonchev–Trinajstić information content (AvgIpc) is 3.17. The molecule has 0 aliphatic heterocycles. The normalized spacial score (nSPS) is 18.2. The molecule has 1 aromatic carbocycles. The number of rotatable bonds is 5. The number of aliphatic hydroxyl groups excluding tert-OH is 1. The summed E-state index contributed by atoms with van der Waals surface area (Å²) >= 11 is 5.85. The zero-order chi connectivity index (χ0) is 13.2. The van der Waals surface area contributed by atoms with Crippen molar-refractivity contribution in [3.05, 3.63) is 34.9 Å². The fourth-order valence-corrected chi connectivity index (χ4v) is 2.19. The van der Waals surface area contributed by atoms with Gasteiger partial charge in [-0.15, -0.1) is 0 Å². The summed E-state index contributed by atoms with van der Waals surface area (Å²) in [5.41, 5.74) is 0.619. The zero-order valence-electron chi connectivity index (χ0n) is 10.4. The number of nitrogens with one attached hydrogen (secondary N) is 1.